The maximum atomic E-state index is 14.4. The number of hydrogen-bond donors (Lipinski definition) is 1. The zero-order chi connectivity index (χ0) is 28.2. The van der Waals surface area contributed by atoms with Crippen molar-refractivity contribution in [2.24, 2.45) is 11.8 Å². The van der Waals surface area contributed by atoms with Gasteiger partial charge in [0.1, 0.15) is 11.6 Å². The molecule has 5 atom stereocenters. The van der Waals surface area contributed by atoms with Gasteiger partial charge in [0.15, 0.2) is 0 Å². The second-order valence-electron chi connectivity index (χ2n) is 11.3. The minimum absolute atomic E-state index is 0.00895. The van der Waals surface area contributed by atoms with E-state index in [-0.39, 0.29) is 24.3 Å². The predicted octanol–water partition coefficient (Wildman–Crippen LogP) is 3.16. The van der Waals surface area contributed by atoms with Crippen LogP contribution in [-0.4, -0.2) is 87.6 Å². The van der Waals surface area contributed by atoms with E-state index in [4.69, 9.17) is 4.74 Å². The highest BCUT2D eigenvalue weighted by Crippen LogP contribution is 2.63. The van der Waals surface area contributed by atoms with Crippen molar-refractivity contribution in [3.63, 3.8) is 0 Å². The number of amides is 3. The number of ether oxygens (including phenoxy) is 1. The molecule has 2 bridgehead atoms. The predicted molar refractivity (Wildman–Crippen MR) is 149 cm³/mol. The van der Waals surface area contributed by atoms with Crippen molar-refractivity contribution >= 4 is 17.7 Å². The first-order chi connectivity index (χ1) is 18.8. The number of aliphatic hydroxyl groups is 1. The molecule has 1 N–H and O–H groups in total. The first kappa shape index (κ1) is 29.0. The Bertz CT molecular complexity index is 1080. The van der Waals surface area contributed by atoms with Gasteiger partial charge in [-0.1, -0.05) is 49.4 Å². The van der Waals surface area contributed by atoms with Crippen LogP contribution in [0.1, 0.15) is 51.5 Å². The fourth-order valence-corrected chi connectivity index (χ4v) is 6.99. The fraction of sp³-hybridized carbons (Fsp3) is 0.581. The number of aliphatic hydroxyl groups excluding tert-OH is 1. The second-order valence-corrected chi connectivity index (χ2v) is 11.3. The van der Waals surface area contributed by atoms with Crippen LogP contribution >= 0.6 is 0 Å². The van der Waals surface area contributed by atoms with Gasteiger partial charge in [-0.25, -0.2) is 0 Å². The maximum absolute atomic E-state index is 14.4. The minimum atomic E-state index is -1.06. The van der Waals surface area contributed by atoms with Crippen molar-refractivity contribution in [1.82, 2.24) is 14.7 Å². The number of unbranched alkanes of at least 4 members (excludes halogenated alkanes) is 1. The van der Waals surface area contributed by atoms with Crippen LogP contribution in [0.25, 0.3) is 0 Å². The average molecular weight is 538 g/mol. The molecule has 0 aliphatic carbocycles. The van der Waals surface area contributed by atoms with Gasteiger partial charge < -0.3 is 24.5 Å². The second kappa shape index (κ2) is 12.0. The van der Waals surface area contributed by atoms with E-state index in [2.05, 4.69) is 13.2 Å². The Morgan fingerprint density at radius 1 is 1.10 bits per heavy atom. The van der Waals surface area contributed by atoms with Crippen LogP contribution in [0.5, 0.6) is 0 Å². The van der Waals surface area contributed by atoms with Crippen LogP contribution in [0.3, 0.4) is 0 Å². The molecule has 1 aromatic carbocycles. The molecular weight excluding hydrogens is 494 g/mol. The van der Waals surface area contributed by atoms with Gasteiger partial charge in [-0.3, -0.25) is 14.4 Å². The molecule has 3 aliphatic heterocycles. The Morgan fingerprint density at radius 3 is 2.44 bits per heavy atom. The summed E-state index contributed by atoms with van der Waals surface area (Å²) in [6.07, 6.45) is 6.42. The van der Waals surface area contributed by atoms with Gasteiger partial charge in [-0.15, -0.1) is 13.2 Å². The number of fused-ring (bicyclic) bond motifs is 1. The molecule has 0 radical (unpaired) electrons. The molecule has 8 heteroatoms. The minimum Gasteiger partial charge on any atom is -0.396 e. The summed E-state index contributed by atoms with van der Waals surface area (Å²) in [7, 11) is 0. The first-order valence-corrected chi connectivity index (χ1v) is 14.2. The van der Waals surface area contributed by atoms with Crippen molar-refractivity contribution in [2.45, 2.75) is 69.7 Å². The third-order valence-corrected chi connectivity index (χ3v) is 8.62. The molecule has 1 spiro atoms. The summed E-state index contributed by atoms with van der Waals surface area (Å²) in [5, 5.41) is 9.41. The van der Waals surface area contributed by atoms with Gasteiger partial charge >= 0.3 is 0 Å². The van der Waals surface area contributed by atoms with Gasteiger partial charge in [-0.2, -0.15) is 0 Å². The molecule has 2 unspecified atom stereocenters. The lowest BCUT2D eigenvalue weighted by atomic mass is 9.66. The summed E-state index contributed by atoms with van der Waals surface area (Å²) in [6.45, 7) is 13.6. The van der Waals surface area contributed by atoms with Crippen LogP contribution in [0.4, 0.5) is 0 Å². The number of rotatable bonds is 14. The van der Waals surface area contributed by atoms with E-state index >= 15 is 0 Å². The molecule has 3 saturated heterocycles. The monoisotopic (exact) mass is 537 g/mol. The Labute approximate surface area is 232 Å². The Balaban J connectivity index is 1.74. The van der Waals surface area contributed by atoms with Crippen LogP contribution in [-0.2, 0) is 25.7 Å². The van der Waals surface area contributed by atoms with E-state index in [1.54, 1.807) is 26.9 Å². The molecule has 212 valence electrons. The van der Waals surface area contributed by atoms with Gasteiger partial charge in [0.2, 0.25) is 17.7 Å². The Hall–Kier alpha value is -2.97. The van der Waals surface area contributed by atoms with E-state index < -0.39 is 29.1 Å². The number of nitrogens with zero attached hydrogens (tertiary/aromatic N) is 3. The van der Waals surface area contributed by atoms with E-state index in [0.29, 0.717) is 58.4 Å². The van der Waals surface area contributed by atoms with E-state index in [1.807, 2.05) is 44.2 Å². The molecule has 39 heavy (non-hydrogen) atoms. The third kappa shape index (κ3) is 5.16. The Kier molecular flexibility index (Phi) is 8.96. The first-order valence-electron chi connectivity index (χ1n) is 14.2. The highest BCUT2D eigenvalue weighted by molar-refractivity contribution is 5.99. The highest BCUT2D eigenvalue weighted by Gasteiger charge is 2.78. The molecule has 3 amide bonds. The Morgan fingerprint density at radius 2 is 1.79 bits per heavy atom. The zero-order valence-electron chi connectivity index (χ0n) is 23.4. The summed E-state index contributed by atoms with van der Waals surface area (Å²) < 4.78 is 6.77. The molecule has 4 rings (SSSR count). The van der Waals surface area contributed by atoms with Gasteiger partial charge in [-0.05, 0) is 44.6 Å². The number of benzene rings is 1. The van der Waals surface area contributed by atoms with Crippen LogP contribution < -0.4 is 0 Å². The van der Waals surface area contributed by atoms with Crippen molar-refractivity contribution in [2.75, 3.05) is 32.8 Å². The highest BCUT2D eigenvalue weighted by atomic mass is 16.5. The molecular formula is C31H43N3O5. The van der Waals surface area contributed by atoms with Crippen LogP contribution in [0, 0.1) is 11.8 Å². The van der Waals surface area contributed by atoms with Crippen LogP contribution in [0.15, 0.2) is 55.6 Å². The molecule has 3 aliphatic rings. The molecule has 0 aromatic heterocycles. The number of carbonyl (C=O) groups excluding carboxylic acids is 3. The summed E-state index contributed by atoms with van der Waals surface area (Å²) in [5.74, 6) is -1.87. The van der Waals surface area contributed by atoms with Crippen molar-refractivity contribution in [1.29, 1.82) is 0 Å². The molecule has 8 nitrogen and oxygen atoms in total. The van der Waals surface area contributed by atoms with Crippen molar-refractivity contribution in [3.8, 4) is 0 Å². The average Bonchev–Trinajstić information content (AvgIpc) is 3.49. The lowest BCUT2D eigenvalue weighted by Crippen LogP contribution is -2.56. The fourth-order valence-electron chi connectivity index (χ4n) is 6.99. The van der Waals surface area contributed by atoms with E-state index in [9.17, 15) is 19.5 Å². The summed E-state index contributed by atoms with van der Waals surface area (Å²) in [5.41, 5.74) is -0.901. The summed E-state index contributed by atoms with van der Waals surface area (Å²) in [4.78, 5) is 47.8. The molecule has 0 saturated carbocycles. The number of likely N-dealkylation sites (tertiary alicyclic amines) is 1. The van der Waals surface area contributed by atoms with Crippen molar-refractivity contribution < 1.29 is 24.2 Å². The smallest absolute Gasteiger partial charge is 0.248 e. The number of carbonyl (C=O) groups is 3. The van der Waals surface area contributed by atoms with Gasteiger partial charge in [0.25, 0.3) is 0 Å². The SMILES string of the molecule is C=CCN(Cc1ccccc1)C(=O)C1N(CCCCO)C(=O)[C@@H]2[C@@H](C(=O)N(CC=C)CCC)[C@@]3(C)CCC12O3. The van der Waals surface area contributed by atoms with Crippen molar-refractivity contribution in [3.05, 3.63) is 61.2 Å². The van der Waals surface area contributed by atoms with Gasteiger partial charge in [0.05, 0.1) is 17.4 Å². The van der Waals surface area contributed by atoms with E-state index in [0.717, 1.165) is 12.0 Å². The lowest BCUT2D eigenvalue weighted by molar-refractivity contribution is -0.153. The molecule has 3 heterocycles. The quantitative estimate of drug-likeness (QED) is 0.291. The normalized spacial score (nSPS) is 28.8. The number of hydrogen-bond acceptors (Lipinski definition) is 5. The zero-order valence-corrected chi connectivity index (χ0v) is 23.4. The maximum Gasteiger partial charge on any atom is 0.248 e. The van der Waals surface area contributed by atoms with E-state index in [1.165, 1.54) is 0 Å². The molecule has 3 fully saturated rings. The van der Waals surface area contributed by atoms with Gasteiger partial charge in [0, 0.05) is 39.3 Å². The molecule has 1 aromatic rings. The summed E-state index contributed by atoms with van der Waals surface area (Å²) in [6, 6.07) is 8.91. The topological polar surface area (TPSA) is 90.4 Å². The third-order valence-electron chi connectivity index (χ3n) is 8.62. The largest absolute Gasteiger partial charge is 0.396 e. The van der Waals surface area contributed by atoms with Crippen LogP contribution in [0.2, 0.25) is 0 Å². The summed E-state index contributed by atoms with van der Waals surface area (Å²) >= 11 is 0. The lowest BCUT2D eigenvalue weighted by Gasteiger charge is -2.37. The standard InChI is InChI=1S/C31H43N3O5/c1-5-17-32(18-6-2)27(36)24-25-28(37)34(20-11-12-21-35)26(31(25)16-15-30(24,4)39-31)29(38)33(19-7-3)22-23-13-9-8-10-14-23/h5,7-10,13-14,24-26,35H,1,3,6,11-12,15-22H2,2,4H3/t24-,25-,26?,30+,31?/m0/s1.